The predicted octanol–water partition coefficient (Wildman–Crippen LogP) is 1.66. The Labute approximate surface area is 88.9 Å². The van der Waals surface area contributed by atoms with Gasteiger partial charge in [-0.2, -0.15) is 0 Å². The van der Waals surface area contributed by atoms with Gasteiger partial charge < -0.3 is 10.8 Å². The topological polar surface area (TPSA) is 63.3 Å². The zero-order valence-electron chi connectivity index (χ0n) is 8.58. The van der Waals surface area contributed by atoms with Crippen molar-refractivity contribution in [3.05, 3.63) is 29.3 Å². The average Bonchev–Trinajstić information content (AvgIpc) is 2.20. The number of hydrogen-bond donors (Lipinski definition) is 2. The van der Waals surface area contributed by atoms with Gasteiger partial charge in [-0.15, -0.1) is 0 Å². The molecule has 0 atom stereocenters. The molecule has 0 saturated heterocycles. The maximum absolute atomic E-state index is 10.2. The minimum atomic E-state index is -0.909. The van der Waals surface area contributed by atoms with Crippen LogP contribution in [0.15, 0.2) is 18.2 Å². The quantitative estimate of drug-likeness (QED) is 0.567. The molecule has 3 nitrogen and oxygen atoms in total. The highest BCUT2D eigenvalue weighted by atomic mass is 16.4. The van der Waals surface area contributed by atoms with E-state index in [0.717, 1.165) is 23.2 Å². The second-order valence-corrected chi connectivity index (χ2v) is 3.14. The van der Waals surface area contributed by atoms with Gasteiger partial charge in [-0.05, 0) is 30.2 Å². The van der Waals surface area contributed by atoms with Crippen LogP contribution in [0.5, 0.6) is 0 Å². The van der Waals surface area contributed by atoms with Crippen LogP contribution in [0.1, 0.15) is 24.5 Å². The maximum Gasteiger partial charge on any atom is 0.315 e. The van der Waals surface area contributed by atoms with E-state index in [2.05, 4.69) is 11.8 Å². The van der Waals surface area contributed by atoms with E-state index in [-0.39, 0.29) is 6.42 Å². The molecule has 0 aliphatic heterocycles. The second-order valence-electron chi connectivity index (χ2n) is 3.14. The highest BCUT2D eigenvalue weighted by Crippen LogP contribution is 2.13. The summed E-state index contributed by atoms with van der Waals surface area (Å²) in [5.41, 5.74) is 8.33. The summed E-state index contributed by atoms with van der Waals surface area (Å²) >= 11 is 0. The smallest absolute Gasteiger partial charge is 0.315 e. The zero-order chi connectivity index (χ0) is 11.3. The molecule has 0 unspecified atom stereocenters. The summed E-state index contributed by atoms with van der Waals surface area (Å²) in [6.45, 7) is 2.01. The number of aliphatic carboxylic acids is 1. The molecule has 78 valence electrons. The summed E-state index contributed by atoms with van der Waals surface area (Å²) in [5, 5.41) is 8.41. The second kappa shape index (κ2) is 5.06. The van der Waals surface area contributed by atoms with Gasteiger partial charge in [0.05, 0.1) is 0 Å². The van der Waals surface area contributed by atoms with Crippen LogP contribution in [0.2, 0.25) is 0 Å². The molecule has 0 aromatic heterocycles. The summed E-state index contributed by atoms with van der Waals surface area (Å²) < 4.78 is 0. The fourth-order valence-electron chi connectivity index (χ4n) is 1.21. The van der Waals surface area contributed by atoms with Gasteiger partial charge in [-0.25, -0.2) is 0 Å². The summed E-state index contributed by atoms with van der Waals surface area (Å²) in [4.78, 5) is 10.2. The van der Waals surface area contributed by atoms with E-state index in [1.54, 1.807) is 12.1 Å². The van der Waals surface area contributed by atoms with Crippen molar-refractivity contribution in [2.24, 2.45) is 0 Å². The monoisotopic (exact) mass is 203 g/mol. The van der Waals surface area contributed by atoms with Crippen LogP contribution in [0, 0.1) is 11.8 Å². The van der Waals surface area contributed by atoms with Crippen LogP contribution in [0.3, 0.4) is 0 Å². The number of carboxylic acid groups (broad SMARTS) is 1. The molecule has 0 heterocycles. The highest BCUT2D eigenvalue weighted by Gasteiger charge is 1.97. The van der Waals surface area contributed by atoms with Crippen LogP contribution in [-0.2, 0) is 11.2 Å². The number of nitrogen functional groups attached to an aromatic ring is 1. The van der Waals surface area contributed by atoms with Crippen molar-refractivity contribution in [3.63, 3.8) is 0 Å². The fourth-order valence-corrected chi connectivity index (χ4v) is 1.21. The van der Waals surface area contributed by atoms with Crippen molar-refractivity contribution in [1.29, 1.82) is 0 Å². The minimum Gasteiger partial charge on any atom is -0.481 e. The third-order valence-corrected chi connectivity index (χ3v) is 2.00. The van der Waals surface area contributed by atoms with Gasteiger partial charge in [0.2, 0.25) is 0 Å². The van der Waals surface area contributed by atoms with Crippen LogP contribution in [0.4, 0.5) is 5.69 Å². The Hall–Kier alpha value is -1.95. The van der Waals surface area contributed by atoms with Gasteiger partial charge in [0.15, 0.2) is 0 Å². The molecule has 0 radical (unpaired) electrons. The summed E-state index contributed by atoms with van der Waals surface area (Å²) in [5.74, 6) is 4.46. The molecule has 0 spiro atoms. The van der Waals surface area contributed by atoms with Gasteiger partial charge in [0.25, 0.3) is 0 Å². The molecule has 1 aromatic rings. The first-order valence-electron chi connectivity index (χ1n) is 4.72. The Morgan fingerprint density at radius 1 is 1.53 bits per heavy atom. The Bertz CT molecular complexity index is 427. The zero-order valence-corrected chi connectivity index (χ0v) is 8.58. The molecular weight excluding hydrogens is 190 g/mol. The van der Waals surface area contributed by atoms with Crippen molar-refractivity contribution in [3.8, 4) is 11.8 Å². The molecule has 0 aliphatic carbocycles. The van der Waals surface area contributed by atoms with Crippen molar-refractivity contribution >= 4 is 11.7 Å². The predicted molar refractivity (Wildman–Crippen MR) is 59.4 cm³/mol. The lowest BCUT2D eigenvalue weighted by Crippen LogP contribution is -1.93. The van der Waals surface area contributed by atoms with Crippen molar-refractivity contribution in [1.82, 2.24) is 0 Å². The van der Waals surface area contributed by atoms with E-state index < -0.39 is 5.97 Å². The van der Waals surface area contributed by atoms with Crippen LogP contribution in [-0.4, -0.2) is 11.1 Å². The van der Waals surface area contributed by atoms with E-state index in [9.17, 15) is 4.79 Å². The SMILES string of the molecule is CCc1cc(C#CCC(=O)O)ccc1N. The van der Waals surface area contributed by atoms with Gasteiger partial charge in [0.1, 0.15) is 6.42 Å². The Balaban J connectivity index is 2.85. The first-order valence-corrected chi connectivity index (χ1v) is 4.72. The van der Waals surface area contributed by atoms with Gasteiger partial charge in [0, 0.05) is 11.3 Å². The number of benzene rings is 1. The van der Waals surface area contributed by atoms with Gasteiger partial charge in [-0.1, -0.05) is 18.8 Å². The molecule has 15 heavy (non-hydrogen) atoms. The number of hydrogen-bond acceptors (Lipinski definition) is 2. The molecule has 0 fully saturated rings. The van der Waals surface area contributed by atoms with Crippen molar-refractivity contribution < 1.29 is 9.90 Å². The first-order chi connectivity index (χ1) is 7.13. The lowest BCUT2D eigenvalue weighted by atomic mass is 10.1. The number of aryl methyl sites for hydroxylation is 1. The molecule has 1 aromatic carbocycles. The van der Waals surface area contributed by atoms with E-state index >= 15 is 0 Å². The summed E-state index contributed by atoms with van der Waals surface area (Å²) in [6.07, 6.45) is 0.714. The lowest BCUT2D eigenvalue weighted by molar-refractivity contribution is -0.135. The van der Waals surface area contributed by atoms with Crippen LogP contribution in [0.25, 0.3) is 0 Å². The lowest BCUT2D eigenvalue weighted by Gasteiger charge is -2.02. The van der Waals surface area contributed by atoms with Crippen molar-refractivity contribution in [2.75, 3.05) is 5.73 Å². The third-order valence-electron chi connectivity index (χ3n) is 2.00. The highest BCUT2D eigenvalue weighted by molar-refractivity contribution is 5.70. The number of carboxylic acids is 1. The Morgan fingerprint density at radius 3 is 2.87 bits per heavy atom. The first kappa shape index (κ1) is 11.1. The van der Waals surface area contributed by atoms with Crippen molar-refractivity contribution in [2.45, 2.75) is 19.8 Å². The minimum absolute atomic E-state index is 0.133. The van der Waals surface area contributed by atoms with E-state index in [1.165, 1.54) is 0 Å². The van der Waals surface area contributed by atoms with Crippen LogP contribution < -0.4 is 5.73 Å². The number of rotatable bonds is 2. The normalized spacial score (nSPS) is 9.13. The van der Waals surface area contributed by atoms with Gasteiger partial charge in [-0.3, -0.25) is 4.79 Å². The number of carbonyl (C=O) groups is 1. The summed E-state index contributed by atoms with van der Waals surface area (Å²) in [7, 11) is 0. The van der Waals surface area contributed by atoms with Crippen LogP contribution >= 0.6 is 0 Å². The molecule has 0 aliphatic rings. The van der Waals surface area contributed by atoms with Gasteiger partial charge >= 0.3 is 5.97 Å². The largest absolute Gasteiger partial charge is 0.481 e. The molecule has 0 saturated carbocycles. The van der Waals surface area contributed by atoms with E-state index in [0.29, 0.717) is 0 Å². The summed E-state index contributed by atoms with van der Waals surface area (Å²) in [6, 6.07) is 5.48. The standard InChI is InChI=1S/C12H13NO2/c1-2-10-8-9(6-7-11(10)13)4-3-5-12(14)15/h6-8H,2,5,13H2,1H3,(H,14,15). The third kappa shape index (κ3) is 3.35. The van der Waals surface area contributed by atoms with E-state index in [1.807, 2.05) is 13.0 Å². The number of nitrogens with two attached hydrogens (primary N) is 1. The number of anilines is 1. The Kier molecular flexibility index (Phi) is 3.75. The molecule has 3 N–H and O–H groups in total. The molecule has 3 heteroatoms. The molecular formula is C12H13NO2. The van der Waals surface area contributed by atoms with E-state index in [4.69, 9.17) is 10.8 Å². The molecule has 1 rings (SSSR count). The maximum atomic E-state index is 10.2. The molecule has 0 bridgehead atoms. The average molecular weight is 203 g/mol. The molecule has 0 amide bonds. The fraction of sp³-hybridized carbons (Fsp3) is 0.250. The Morgan fingerprint density at radius 2 is 2.27 bits per heavy atom.